The molecule has 0 aliphatic heterocycles. The van der Waals surface area contributed by atoms with Crippen LogP contribution in [0.25, 0.3) is 133 Å². The lowest BCUT2D eigenvalue weighted by molar-refractivity contribution is 0.668. The number of rotatable bonds is 6. The fourth-order valence-electron chi connectivity index (χ4n) is 9.20. The molecule has 0 N–H and O–H groups in total. The van der Waals surface area contributed by atoms with Crippen LogP contribution in [0.2, 0.25) is 0 Å². The van der Waals surface area contributed by atoms with Crippen molar-refractivity contribution in [2.24, 2.45) is 0 Å². The van der Waals surface area contributed by atoms with Crippen molar-refractivity contribution in [1.82, 2.24) is 9.97 Å². The molecule has 0 unspecified atom stereocenters. The molecule has 308 valence electrons. The monoisotopic (exact) mass is 836 g/mol. The third kappa shape index (κ3) is 6.73. The normalized spacial score (nSPS) is 11.5. The van der Waals surface area contributed by atoms with Gasteiger partial charge in [-0.15, -0.1) is 0 Å². The molecule has 5 aromatic heterocycles. The van der Waals surface area contributed by atoms with Crippen molar-refractivity contribution in [3.8, 4) is 66.8 Å². The molecule has 5 heteroatoms. The van der Waals surface area contributed by atoms with Crippen molar-refractivity contribution in [3.05, 3.63) is 207 Å². The van der Waals surface area contributed by atoms with Gasteiger partial charge < -0.3 is 13.3 Å². The number of hydrogen-bond donors (Lipinski definition) is 0. The van der Waals surface area contributed by atoms with Gasteiger partial charge in [-0.2, -0.15) is 0 Å². The Labute approximate surface area is 374 Å². The molecule has 0 fully saturated rings. The molecule has 0 saturated carbocycles. The van der Waals surface area contributed by atoms with Crippen LogP contribution in [0.3, 0.4) is 0 Å². The van der Waals surface area contributed by atoms with E-state index in [1.165, 1.54) is 11.1 Å². The summed E-state index contributed by atoms with van der Waals surface area (Å²) in [6.07, 6.45) is 3.62. The Morgan fingerprint density at radius 3 is 0.831 bits per heavy atom. The van der Waals surface area contributed by atoms with Gasteiger partial charge >= 0.3 is 0 Å². The maximum Gasteiger partial charge on any atom is 0.153 e. The summed E-state index contributed by atoms with van der Waals surface area (Å²) >= 11 is 0. The van der Waals surface area contributed by atoms with Gasteiger partial charge in [-0.3, -0.25) is 9.97 Å². The Bertz CT molecular complexity index is 3940. The summed E-state index contributed by atoms with van der Waals surface area (Å²) in [5.74, 6) is 0. The molecule has 13 aromatic rings. The first-order valence-corrected chi connectivity index (χ1v) is 22.1. The molecule has 0 amide bonds. The highest BCUT2D eigenvalue weighted by Crippen LogP contribution is 2.39. The average Bonchev–Trinajstić information content (AvgIpc) is 4.07. The number of furan rings is 3. The minimum absolute atomic E-state index is 0.794. The molecular weight excluding hydrogens is 797 g/mol. The van der Waals surface area contributed by atoms with Gasteiger partial charge in [0.25, 0.3) is 0 Å². The zero-order chi connectivity index (χ0) is 43.4. The van der Waals surface area contributed by atoms with E-state index in [0.717, 1.165) is 122 Å². The lowest BCUT2D eigenvalue weighted by Crippen LogP contribution is -1.85. The van der Waals surface area contributed by atoms with Gasteiger partial charge in [0.2, 0.25) is 0 Å². The molecule has 0 saturated heterocycles. The summed E-state index contributed by atoms with van der Waals surface area (Å²) in [4.78, 5) is 9.18. The topological polar surface area (TPSA) is 65.2 Å². The van der Waals surface area contributed by atoms with E-state index in [4.69, 9.17) is 13.3 Å². The van der Waals surface area contributed by atoms with Crippen LogP contribution in [-0.4, -0.2) is 9.97 Å². The molecule has 0 spiro atoms. The Hall–Kier alpha value is -8.54. The molecule has 8 aromatic carbocycles. The Morgan fingerprint density at radius 2 is 0.508 bits per heavy atom. The summed E-state index contributed by atoms with van der Waals surface area (Å²) < 4.78 is 18.4. The highest BCUT2D eigenvalue weighted by molar-refractivity contribution is 6.09. The summed E-state index contributed by atoms with van der Waals surface area (Å²) in [7, 11) is 0. The molecule has 0 radical (unpaired) electrons. The summed E-state index contributed by atoms with van der Waals surface area (Å²) in [5.41, 5.74) is 20.5. The van der Waals surface area contributed by atoms with Crippen molar-refractivity contribution < 1.29 is 13.3 Å². The zero-order valence-electron chi connectivity index (χ0n) is 35.7. The maximum atomic E-state index is 6.35. The fraction of sp³-hybridized carbons (Fsp3) is 0.0333. The van der Waals surface area contributed by atoms with E-state index in [2.05, 4.69) is 168 Å². The van der Waals surface area contributed by atoms with Crippen LogP contribution in [-0.2, 0) is 0 Å². The average molecular weight is 837 g/mol. The van der Waals surface area contributed by atoms with Crippen molar-refractivity contribution in [1.29, 1.82) is 0 Å². The number of nitrogens with zero attached hydrogens (tertiary/aromatic N) is 2. The third-order valence-corrected chi connectivity index (χ3v) is 12.4. The quantitative estimate of drug-likeness (QED) is 0.167. The van der Waals surface area contributed by atoms with Crippen LogP contribution in [0.4, 0.5) is 0 Å². The molecular formula is C60H40N2O3. The first-order chi connectivity index (χ1) is 32.1. The van der Waals surface area contributed by atoms with Gasteiger partial charge in [0.15, 0.2) is 11.2 Å². The second kappa shape index (κ2) is 15.7. The lowest BCUT2D eigenvalue weighted by atomic mass is 9.93. The minimum Gasteiger partial charge on any atom is -0.456 e. The van der Waals surface area contributed by atoms with E-state index >= 15 is 0 Å². The second-order valence-electron chi connectivity index (χ2n) is 16.2. The van der Waals surface area contributed by atoms with Gasteiger partial charge in [-0.1, -0.05) is 111 Å². The molecule has 0 bridgehead atoms. The van der Waals surface area contributed by atoms with Crippen LogP contribution in [0.15, 0.2) is 220 Å². The second-order valence-corrected chi connectivity index (χ2v) is 16.2. The lowest BCUT2D eigenvalue weighted by Gasteiger charge is -2.11. The predicted molar refractivity (Wildman–Crippen MR) is 268 cm³/mol. The number of hydrogen-bond acceptors (Lipinski definition) is 5. The molecule has 13 rings (SSSR count). The van der Waals surface area contributed by atoms with E-state index in [9.17, 15) is 0 Å². The van der Waals surface area contributed by atoms with Crippen LogP contribution < -0.4 is 0 Å². The molecule has 65 heavy (non-hydrogen) atoms. The van der Waals surface area contributed by atoms with Crippen LogP contribution >= 0.6 is 0 Å². The Morgan fingerprint density at radius 1 is 0.246 bits per heavy atom. The molecule has 0 aliphatic rings. The van der Waals surface area contributed by atoms with Gasteiger partial charge in [0.05, 0.1) is 0 Å². The van der Waals surface area contributed by atoms with Crippen LogP contribution in [0, 0.1) is 0 Å². The minimum atomic E-state index is 0.794. The van der Waals surface area contributed by atoms with Gasteiger partial charge in [0.1, 0.15) is 33.4 Å². The predicted octanol–water partition coefficient (Wildman–Crippen LogP) is 17.2. The summed E-state index contributed by atoms with van der Waals surface area (Å²) in [6.45, 7) is 4.00. The van der Waals surface area contributed by atoms with Crippen LogP contribution in [0.1, 0.15) is 13.8 Å². The molecule has 5 nitrogen and oxygen atoms in total. The van der Waals surface area contributed by atoms with Gasteiger partial charge in [-0.05, 0) is 164 Å². The smallest absolute Gasteiger partial charge is 0.153 e. The molecule has 0 aliphatic carbocycles. The number of aromatic nitrogens is 2. The van der Waals surface area contributed by atoms with Crippen molar-refractivity contribution in [2.75, 3.05) is 0 Å². The van der Waals surface area contributed by atoms with E-state index in [-0.39, 0.29) is 0 Å². The number of fused-ring (bicyclic) bond motifs is 9. The van der Waals surface area contributed by atoms with E-state index < -0.39 is 0 Å². The Kier molecular flexibility index (Phi) is 9.20. The largest absolute Gasteiger partial charge is 0.456 e. The highest BCUT2D eigenvalue weighted by Gasteiger charge is 2.15. The van der Waals surface area contributed by atoms with Gasteiger partial charge in [-0.25, -0.2) is 0 Å². The fourth-order valence-corrected chi connectivity index (χ4v) is 9.20. The highest BCUT2D eigenvalue weighted by atomic mass is 16.3. The van der Waals surface area contributed by atoms with Crippen molar-refractivity contribution in [2.45, 2.75) is 13.8 Å². The van der Waals surface area contributed by atoms with E-state index in [0.29, 0.717) is 0 Å². The standard InChI is InChI=1S/C58H34N2O3.C2H6/c1-7-35(36-8-2-10-38(28-36)40-12-4-14-42(30-40)45-19-23-53-49(33-45)57-55(62-53)15-5-25-59-57)27-37(9-1)39-11-3-13-41(29-39)43-17-21-51-47(31-43)48-32-44(18-22-52(48)61-51)46-20-24-54-50(34-46)58-56(63-54)16-6-26-60-58;1-2/h1-34H;1-2H3. The first kappa shape index (κ1) is 38.2. The summed E-state index contributed by atoms with van der Waals surface area (Å²) in [6, 6.07) is 68.5. The first-order valence-electron chi connectivity index (χ1n) is 22.1. The van der Waals surface area contributed by atoms with Crippen molar-refractivity contribution >= 4 is 66.1 Å². The molecule has 5 heterocycles. The SMILES string of the molecule is CC.c1cc(-c2cccc(-c3cccc(-c4ccc5oc6cccnc6c5c4)c3)c2)cc(-c2cccc(-c3ccc4oc5ccc(-c6ccc7oc8cccnc8c7c6)cc5c4c3)c2)c1. The van der Waals surface area contributed by atoms with E-state index in [1.807, 2.05) is 62.6 Å². The van der Waals surface area contributed by atoms with Gasteiger partial charge in [0, 0.05) is 33.9 Å². The van der Waals surface area contributed by atoms with Crippen LogP contribution in [0.5, 0.6) is 0 Å². The number of benzene rings is 8. The summed E-state index contributed by atoms with van der Waals surface area (Å²) in [5, 5.41) is 4.20. The molecule has 0 atom stereocenters. The maximum absolute atomic E-state index is 6.35. The third-order valence-electron chi connectivity index (χ3n) is 12.4. The van der Waals surface area contributed by atoms with Crippen molar-refractivity contribution in [3.63, 3.8) is 0 Å². The Balaban J connectivity index is 0.00000219. The number of pyridine rings is 2. The van der Waals surface area contributed by atoms with E-state index in [1.54, 1.807) is 0 Å². The zero-order valence-corrected chi connectivity index (χ0v) is 35.7.